The van der Waals surface area contributed by atoms with E-state index in [4.69, 9.17) is 0 Å². The Hall–Kier alpha value is 0.512. The van der Waals surface area contributed by atoms with E-state index in [1.54, 1.807) is 0 Å². The Morgan fingerprint density at radius 1 is 1.19 bits per heavy atom. The summed E-state index contributed by atoms with van der Waals surface area (Å²) >= 11 is 0. The van der Waals surface area contributed by atoms with E-state index in [0.717, 1.165) is 44.1 Å². The fourth-order valence-electron chi connectivity index (χ4n) is 2.08. The molecule has 0 unspecified atom stereocenters. The molecule has 1 aliphatic heterocycles. The predicted molar refractivity (Wildman–Crippen MR) is 62.1 cm³/mol. The van der Waals surface area contributed by atoms with E-state index in [2.05, 4.69) is 41.2 Å². The first-order chi connectivity index (χ1) is 7.24. The number of piperazine rings is 1. The van der Waals surface area contributed by atoms with Gasteiger partial charge in [0.15, 0.2) is 0 Å². The van der Waals surface area contributed by atoms with E-state index in [-0.39, 0.29) is 44.1 Å². The molecular weight excluding hydrogens is 413 g/mol. The van der Waals surface area contributed by atoms with Crippen molar-refractivity contribution < 1.29 is 44.1 Å². The molecule has 4 heteroatoms. The maximum atomic E-state index is 4.39. The van der Waals surface area contributed by atoms with Gasteiger partial charge in [-0.1, -0.05) is 0 Å². The summed E-state index contributed by atoms with van der Waals surface area (Å²) in [4.78, 5) is 6.85. The van der Waals surface area contributed by atoms with Gasteiger partial charge in [-0.25, -0.2) is 0 Å². The molecule has 0 aliphatic carbocycles. The summed E-state index contributed by atoms with van der Waals surface area (Å²) in [5.41, 5.74) is 3.61. The molecular formula is C12H18AcN3-. The molecule has 1 radical (unpaired) electrons. The Labute approximate surface area is 134 Å². The molecule has 0 atom stereocenters. The van der Waals surface area contributed by atoms with Crippen LogP contribution in [-0.4, -0.2) is 36.1 Å². The zero-order valence-electron chi connectivity index (χ0n) is 10.1. The van der Waals surface area contributed by atoms with Gasteiger partial charge in [-0.15, -0.1) is 13.1 Å². The van der Waals surface area contributed by atoms with E-state index in [1.807, 2.05) is 0 Å². The first-order valence-corrected chi connectivity index (χ1v) is 5.54. The van der Waals surface area contributed by atoms with Gasteiger partial charge in [-0.3, -0.25) is 4.98 Å². The molecule has 0 spiro atoms. The first kappa shape index (κ1) is 14.6. The zero-order chi connectivity index (χ0) is 10.7. The summed E-state index contributed by atoms with van der Waals surface area (Å²) in [6, 6.07) is 4.36. The third kappa shape index (κ3) is 4.41. The molecule has 2 rings (SSSR count). The predicted octanol–water partition coefficient (Wildman–Crippen LogP) is 1.89. The van der Waals surface area contributed by atoms with Gasteiger partial charge in [0, 0.05) is 62.0 Å². The standard InChI is InChI=1S/C12H18N3.Ac/c1-10-7-12(8-11(2)14-10)9-15-5-3-13-4-6-15;/h7-8H,3-6,9H2,1-2H3;/q-1;. The topological polar surface area (TPSA) is 30.2 Å². The van der Waals surface area contributed by atoms with Gasteiger partial charge in [0.2, 0.25) is 0 Å². The Kier molecular flexibility index (Phi) is 6.43. The van der Waals surface area contributed by atoms with Crippen LogP contribution in [0.25, 0.3) is 5.32 Å². The number of hydrogen-bond acceptors (Lipinski definition) is 2. The Bertz CT molecular complexity index is 315. The Morgan fingerprint density at radius 3 is 2.31 bits per heavy atom. The SMILES string of the molecule is Cc1cc(CN2CC[N-]CC2)cc(C)n1.[Ac]. The maximum absolute atomic E-state index is 4.39. The summed E-state index contributed by atoms with van der Waals surface area (Å²) in [5.74, 6) is 0. The largest absolute Gasteiger partial charge is 0.660 e. The molecule has 0 bridgehead atoms. The van der Waals surface area contributed by atoms with E-state index in [0.29, 0.717) is 0 Å². The summed E-state index contributed by atoms with van der Waals surface area (Å²) in [6.07, 6.45) is 0. The van der Waals surface area contributed by atoms with Gasteiger partial charge in [0.05, 0.1) is 0 Å². The fraction of sp³-hybridized carbons (Fsp3) is 0.583. The molecule has 3 nitrogen and oxygen atoms in total. The van der Waals surface area contributed by atoms with Gasteiger partial charge < -0.3 is 10.2 Å². The van der Waals surface area contributed by atoms with Gasteiger partial charge in [-0.05, 0) is 44.6 Å². The van der Waals surface area contributed by atoms with Crippen LogP contribution in [0.1, 0.15) is 17.0 Å². The smallest absolute Gasteiger partial charge is 0.0379 e. The molecule has 1 aromatic rings. The fourth-order valence-corrected chi connectivity index (χ4v) is 2.08. The van der Waals surface area contributed by atoms with Crippen molar-refractivity contribution in [3.63, 3.8) is 0 Å². The van der Waals surface area contributed by atoms with E-state index < -0.39 is 0 Å². The average molecular weight is 431 g/mol. The van der Waals surface area contributed by atoms with Crippen LogP contribution in [0.2, 0.25) is 0 Å². The third-order valence-corrected chi connectivity index (χ3v) is 2.70. The van der Waals surface area contributed by atoms with Crippen LogP contribution >= 0.6 is 0 Å². The van der Waals surface area contributed by atoms with Gasteiger partial charge >= 0.3 is 0 Å². The molecule has 1 fully saturated rings. The Morgan fingerprint density at radius 2 is 1.75 bits per heavy atom. The third-order valence-electron chi connectivity index (χ3n) is 2.70. The van der Waals surface area contributed by atoms with Crippen molar-refractivity contribution in [1.29, 1.82) is 0 Å². The van der Waals surface area contributed by atoms with Crippen LogP contribution in [0.15, 0.2) is 12.1 Å². The number of aryl methyl sites for hydroxylation is 2. The summed E-state index contributed by atoms with van der Waals surface area (Å²) in [6.45, 7) is 9.33. The van der Waals surface area contributed by atoms with Gasteiger partial charge in [0.1, 0.15) is 0 Å². The first-order valence-electron chi connectivity index (χ1n) is 5.54. The monoisotopic (exact) mass is 431 g/mol. The normalized spacial score (nSPS) is 16.9. The second-order valence-electron chi connectivity index (χ2n) is 4.21. The average Bonchev–Trinajstić information content (AvgIpc) is 2.17. The van der Waals surface area contributed by atoms with E-state index in [1.165, 1.54) is 5.56 Å². The number of aromatic nitrogens is 1. The maximum Gasteiger partial charge on any atom is 0.0379 e. The van der Waals surface area contributed by atoms with Crippen molar-refractivity contribution in [3.05, 3.63) is 34.4 Å². The molecule has 1 aliphatic rings. The molecule has 1 saturated heterocycles. The second-order valence-corrected chi connectivity index (χ2v) is 4.21. The minimum Gasteiger partial charge on any atom is -0.660 e. The zero-order valence-corrected chi connectivity index (χ0v) is 14.9. The molecule has 1 aromatic heterocycles. The van der Waals surface area contributed by atoms with Crippen LogP contribution in [0.3, 0.4) is 0 Å². The second kappa shape index (κ2) is 7.06. The molecule has 0 amide bonds. The molecule has 0 saturated carbocycles. The van der Waals surface area contributed by atoms with Crippen molar-refractivity contribution in [1.82, 2.24) is 9.88 Å². The van der Waals surface area contributed by atoms with Crippen LogP contribution in [0.4, 0.5) is 0 Å². The van der Waals surface area contributed by atoms with Crippen LogP contribution in [0.5, 0.6) is 0 Å². The molecule has 0 N–H and O–H groups in total. The number of hydrogen-bond donors (Lipinski definition) is 0. The van der Waals surface area contributed by atoms with Crippen LogP contribution in [-0.2, 0) is 6.54 Å². The number of rotatable bonds is 2. The van der Waals surface area contributed by atoms with Crippen molar-refractivity contribution in [2.24, 2.45) is 0 Å². The van der Waals surface area contributed by atoms with Gasteiger partial charge in [-0.2, -0.15) is 0 Å². The molecule has 85 valence electrons. The molecule has 16 heavy (non-hydrogen) atoms. The quantitative estimate of drug-likeness (QED) is 0.716. The minimum absolute atomic E-state index is 0. The van der Waals surface area contributed by atoms with Gasteiger partial charge in [0.25, 0.3) is 0 Å². The Balaban J connectivity index is 0.00000128. The van der Waals surface area contributed by atoms with Crippen molar-refractivity contribution in [2.45, 2.75) is 20.4 Å². The van der Waals surface area contributed by atoms with E-state index >= 15 is 0 Å². The van der Waals surface area contributed by atoms with Crippen LogP contribution in [0, 0.1) is 57.9 Å². The molecule has 2 heterocycles. The summed E-state index contributed by atoms with van der Waals surface area (Å²) in [5, 5.41) is 4.35. The van der Waals surface area contributed by atoms with Crippen LogP contribution < -0.4 is 0 Å². The van der Waals surface area contributed by atoms with E-state index in [9.17, 15) is 0 Å². The van der Waals surface area contributed by atoms with Crippen molar-refractivity contribution >= 4 is 0 Å². The summed E-state index contributed by atoms with van der Waals surface area (Å²) < 4.78 is 0. The van der Waals surface area contributed by atoms with Crippen molar-refractivity contribution in [3.8, 4) is 0 Å². The number of pyridine rings is 1. The molecule has 0 aromatic carbocycles. The minimum atomic E-state index is 0. The van der Waals surface area contributed by atoms with Crippen molar-refractivity contribution in [2.75, 3.05) is 26.2 Å². The summed E-state index contributed by atoms with van der Waals surface area (Å²) in [7, 11) is 0. The number of nitrogens with zero attached hydrogens (tertiary/aromatic N) is 3.